The number of carbonyl (C=O) groups excluding carboxylic acids is 2. The first-order chi connectivity index (χ1) is 10.1. The summed E-state index contributed by atoms with van der Waals surface area (Å²) in [5.74, 6) is -0.467. The van der Waals surface area contributed by atoms with Gasteiger partial charge in [0.2, 0.25) is 5.78 Å². The number of allylic oxidation sites excluding steroid dienone is 1. The first kappa shape index (κ1) is 12.8. The number of Topliss-reactive ketones (excluding diaryl/α,β-unsaturated/α-hetero) is 2. The average molecular weight is 284 g/mol. The molecule has 1 aliphatic heterocycles. The molecule has 1 spiro atoms. The number of hydrogen-bond donors (Lipinski definition) is 1. The molecule has 1 N–H and O–H groups in total. The zero-order chi connectivity index (χ0) is 14.6. The van der Waals surface area contributed by atoms with Gasteiger partial charge in [-0.1, -0.05) is 24.3 Å². The molecule has 0 amide bonds. The van der Waals surface area contributed by atoms with Crippen molar-refractivity contribution >= 4 is 11.6 Å². The molecule has 21 heavy (non-hydrogen) atoms. The summed E-state index contributed by atoms with van der Waals surface area (Å²) in [4.78, 5) is 25.2. The number of benzene rings is 1. The van der Waals surface area contributed by atoms with E-state index in [0.29, 0.717) is 17.5 Å². The Morgan fingerprint density at radius 1 is 1.05 bits per heavy atom. The van der Waals surface area contributed by atoms with E-state index in [0.717, 1.165) is 25.7 Å². The second-order valence-corrected chi connectivity index (χ2v) is 6.16. The molecule has 2 aliphatic carbocycles. The standard InChI is InChI=1S/C17H16O4/c18-12-9-17(7-3-4-8-17)21-16-13(12)14(19)10-5-1-2-6-11(10)15(16)20/h1-2,5-6,12,18H,3-4,7-9H2. The lowest BCUT2D eigenvalue weighted by Gasteiger charge is -2.40. The minimum Gasteiger partial charge on any atom is -0.482 e. The summed E-state index contributed by atoms with van der Waals surface area (Å²) in [7, 11) is 0. The maximum Gasteiger partial charge on any atom is 0.228 e. The van der Waals surface area contributed by atoms with Crippen LogP contribution in [0.4, 0.5) is 0 Å². The van der Waals surface area contributed by atoms with Gasteiger partial charge in [-0.25, -0.2) is 0 Å². The molecule has 0 radical (unpaired) electrons. The number of ether oxygens (including phenoxy) is 1. The lowest BCUT2D eigenvalue weighted by molar-refractivity contribution is -0.0452. The van der Waals surface area contributed by atoms with Crippen LogP contribution in [0, 0.1) is 0 Å². The number of carbonyl (C=O) groups is 2. The maximum absolute atomic E-state index is 12.6. The van der Waals surface area contributed by atoms with Gasteiger partial charge in [-0.05, 0) is 25.7 Å². The Balaban J connectivity index is 1.85. The Labute approximate surface area is 122 Å². The van der Waals surface area contributed by atoms with E-state index in [2.05, 4.69) is 0 Å². The third-order valence-corrected chi connectivity index (χ3v) is 4.84. The Bertz CT molecular complexity index is 680. The minimum absolute atomic E-state index is 0.0827. The molecule has 1 heterocycles. The van der Waals surface area contributed by atoms with Gasteiger partial charge < -0.3 is 9.84 Å². The first-order valence-electron chi connectivity index (χ1n) is 7.41. The second kappa shape index (κ2) is 4.28. The fourth-order valence-corrected chi connectivity index (χ4v) is 3.81. The van der Waals surface area contributed by atoms with Crippen molar-refractivity contribution in [3.63, 3.8) is 0 Å². The van der Waals surface area contributed by atoms with E-state index >= 15 is 0 Å². The summed E-state index contributed by atoms with van der Waals surface area (Å²) >= 11 is 0. The van der Waals surface area contributed by atoms with Gasteiger partial charge in [0.15, 0.2) is 11.5 Å². The van der Waals surface area contributed by atoms with Gasteiger partial charge in [0.05, 0.1) is 11.7 Å². The summed E-state index contributed by atoms with van der Waals surface area (Å²) in [6.45, 7) is 0. The summed E-state index contributed by atoms with van der Waals surface area (Å²) < 4.78 is 6.00. The molecular formula is C17H16O4. The zero-order valence-electron chi connectivity index (χ0n) is 11.6. The molecule has 1 aromatic rings. The predicted octanol–water partition coefficient (Wildman–Crippen LogP) is 2.41. The molecule has 108 valence electrons. The number of aliphatic hydroxyl groups excluding tert-OH is 1. The van der Waals surface area contributed by atoms with Crippen LogP contribution in [0.2, 0.25) is 0 Å². The smallest absolute Gasteiger partial charge is 0.228 e. The molecule has 1 saturated carbocycles. The molecule has 0 saturated heterocycles. The van der Waals surface area contributed by atoms with Crippen LogP contribution in [0.25, 0.3) is 0 Å². The lowest BCUT2D eigenvalue weighted by Crippen LogP contribution is -2.44. The van der Waals surface area contributed by atoms with Crippen molar-refractivity contribution in [2.45, 2.75) is 43.8 Å². The van der Waals surface area contributed by atoms with E-state index in [4.69, 9.17) is 4.74 Å². The molecule has 4 heteroatoms. The topological polar surface area (TPSA) is 63.6 Å². The molecule has 1 aromatic carbocycles. The van der Waals surface area contributed by atoms with Crippen LogP contribution in [-0.4, -0.2) is 28.4 Å². The van der Waals surface area contributed by atoms with E-state index in [1.165, 1.54) is 0 Å². The average Bonchev–Trinajstić information content (AvgIpc) is 2.92. The fourth-order valence-electron chi connectivity index (χ4n) is 3.81. The third kappa shape index (κ3) is 1.72. The molecule has 1 unspecified atom stereocenters. The Morgan fingerprint density at radius 2 is 1.67 bits per heavy atom. The van der Waals surface area contributed by atoms with Gasteiger partial charge in [0.25, 0.3) is 0 Å². The van der Waals surface area contributed by atoms with E-state index in [1.807, 2.05) is 0 Å². The third-order valence-electron chi connectivity index (χ3n) is 4.84. The Morgan fingerprint density at radius 3 is 2.33 bits per heavy atom. The minimum atomic E-state index is -0.906. The van der Waals surface area contributed by atoms with Crippen molar-refractivity contribution in [3.8, 4) is 0 Å². The van der Waals surface area contributed by atoms with Crippen molar-refractivity contribution in [2.24, 2.45) is 0 Å². The van der Waals surface area contributed by atoms with Crippen LogP contribution in [0.3, 0.4) is 0 Å². The van der Waals surface area contributed by atoms with Gasteiger partial charge >= 0.3 is 0 Å². The van der Waals surface area contributed by atoms with Crippen molar-refractivity contribution in [2.75, 3.05) is 0 Å². The highest BCUT2D eigenvalue weighted by molar-refractivity contribution is 6.26. The number of hydrogen-bond acceptors (Lipinski definition) is 4. The van der Waals surface area contributed by atoms with Gasteiger partial charge in [-0.15, -0.1) is 0 Å². The van der Waals surface area contributed by atoms with Crippen LogP contribution >= 0.6 is 0 Å². The monoisotopic (exact) mass is 284 g/mol. The van der Waals surface area contributed by atoms with E-state index in [-0.39, 0.29) is 22.9 Å². The van der Waals surface area contributed by atoms with Crippen LogP contribution in [0.15, 0.2) is 35.6 Å². The zero-order valence-corrected chi connectivity index (χ0v) is 11.6. The second-order valence-electron chi connectivity index (χ2n) is 6.16. The molecular weight excluding hydrogens is 268 g/mol. The molecule has 1 fully saturated rings. The number of aliphatic hydroxyl groups is 1. The largest absolute Gasteiger partial charge is 0.482 e. The van der Waals surface area contributed by atoms with Crippen molar-refractivity contribution in [1.29, 1.82) is 0 Å². The van der Waals surface area contributed by atoms with E-state index < -0.39 is 11.7 Å². The number of rotatable bonds is 0. The van der Waals surface area contributed by atoms with E-state index in [1.54, 1.807) is 24.3 Å². The highest BCUT2D eigenvalue weighted by Crippen LogP contribution is 2.46. The molecule has 0 aromatic heterocycles. The molecule has 1 atom stereocenters. The molecule has 4 nitrogen and oxygen atoms in total. The molecule has 4 rings (SSSR count). The maximum atomic E-state index is 12.6. The normalized spacial score (nSPS) is 26.6. The van der Waals surface area contributed by atoms with Crippen LogP contribution in [0.1, 0.15) is 52.8 Å². The lowest BCUT2D eigenvalue weighted by atomic mass is 9.79. The number of fused-ring (bicyclic) bond motifs is 1. The molecule has 0 bridgehead atoms. The highest BCUT2D eigenvalue weighted by atomic mass is 16.5. The van der Waals surface area contributed by atoms with Gasteiger partial charge in [0, 0.05) is 17.5 Å². The summed E-state index contributed by atoms with van der Waals surface area (Å²) in [5.41, 5.74) is 0.437. The quantitative estimate of drug-likeness (QED) is 0.794. The molecule has 3 aliphatic rings. The van der Waals surface area contributed by atoms with Crippen LogP contribution in [0.5, 0.6) is 0 Å². The Kier molecular flexibility index (Phi) is 2.60. The van der Waals surface area contributed by atoms with Crippen LogP contribution < -0.4 is 0 Å². The van der Waals surface area contributed by atoms with Crippen molar-refractivity contribution < 1.29 is 19.4 Å². The SMILES string of the molecule is O=C1C2=C(C(=O)c3ccccc31)C(O)CC1(CCCC1)O2. The van der Waals surface area contributed by atoms with Gasteiger partial charge in [-0.3, -0.25) is 9.59 Å². The summed E-state index contributed by atoms with van der Waals surface area (Å²) in [6.07, 6.45) is 3.25. The van der Waals surface area contributed by atoms with Gasteiger partial charge in [-0.2, -0.15) is 0 Å². The fraction of sp³-hybridized carbons (Fsp3) is 0.412. The predicted molar refractivity (Wildman–Crippen MR) is 75.0 cm³/mol. The summed E-state index contributed by atoms with van der Waals surface area (Å²) in [6, 6.07) is 6.74. The highest BCUT2D eigenvalue weighted by Gasteiger charge is 2.49. The first-order valence-corrected chi connectivity index (χ1v) is 7.41. The Hall–Kier alpha value is -1.94. The van der Waals surface area contributed by atoms with Crippen molar-refractivity contribution in [1.82, 2.24) is 0 Å². The van der Waals surface area contributed by atoms with E-state index in [9.17, 15) is 14.7 Å². The van der Waals surface area contributed by atoms with Gasteiger partial charge in [0.1, 0.15) is 5.60 Å². The van der Waals surface area contributed by atoms with Crippen molar-refractivity contribution in [3.05, 3.63) is 46.7 Å². The number of ketones is 2. The summed E-state index contributed by atoms with van der Waals surface area (Å²) in [5, 5.41) is 10.4. The van der Waals surface area contributed by atoms with Crippen LogP contribution in [-0.2, 0) is 4.74 Å².